The Bertz CT molecular complexity index is 593. The highest BCUT2D eigenvalue weighted by Crippen LogP contribution is 2.14. The molecule has 0 spiro atoms. The first-order valence-electron chi connectivity index (χ1n) is 14.8. The summed E-state index contributed by atoms with van der Waals surface area (Å²) in [7, 11) is 0. The third kappa shape index (κ3) is 19.0. The largest absolute Gasteiger partial charge is 0.448 e. The number of carbonyl (C=O) groups excluding carboxylic acids is 4. The summed E-state index contributed by atoms with van der Waals surface area (Å²) in [6.45, 7) is 4.87. The molecule has 10 heteroatoms. The fraction of sp³-hybridized carbons (Fsp3) is 0.857. The van der Waals surface area contributed by atoms with Crippen LogP contribution in [0.15, 0.2) is 0 Å². The zero-order valence-electron chi connectivity index (χ0n) is 23.9. The summed E-state index contributed by atoms with van der Waals surface area (Å²) >= 11 is 0. The molecule has 0 rings (SSSR count). The second-order valence-electron chi connectivity index (χ2n) is 9.72. The minimum atomic E-state index is -1.62. The maximum atomic E-state index is 12.9. The zero-order chi connectivity index (χ0) is 28.4. The average molecular weight is 543 g/mol. The van der Waals surface area contributed by atoms with E-state index in [4.69, 9.17) is 20.9 Å². The molecule has 0 heterocycles. The molecule has 0 bridgehead atoms. The van der Waals surface area contributed by atoms with Crippen LogP contribution in [0, 0.1) is 0 Å². The fourth-order valence-electron chi connectivity index (χ4n) is 3.95. The Hall–Kier alpha value is -2.20. The standard InChI is InChI=1S/C28H54N4O6/c1-3-5-7-9-11-13-15-17-23(33)37-25(27(35)31-21-19-29)26(28(36)32-22-20-30)38-24(34)18-16-14-12-10-8-6-4-2/h25-26H,3-22,29-30H2,1-2H3,(H,31,35)(H,32,36)/t25-,26-/m1/s1. The number of nitrogens with two attached hydrogens (primary N) is 2. The summed E-state index contributed by atoms with van der Waals surface area (Å²) in [6.07, 6.45) is 11.3. The highest BCUT2D eigenvalue weighted by molar-refractivity contribution is 5.93. The lowest BCUT2D eigenvalue weighted by Gasteiger charge is -2.25. The van der Waals surface area contributed by atoms with E-state index in [9.17, 15) is 19.2 Å². The van der Waals surface area contributed by atoms with Gasteiger partial charge in [0.05, 0.1) is 0 Å². The van der Waals surface area contributed by atoms with Crippen LogP contribution in [0.2, 0.25) is 0 Å². The van der Waals surface area contributed by atoms with Crippen LogP contribution >= 0.6 is 0 Å². The molecule has 38 heavy (non-hydrogen) atoms. The molecule has 0 aromatic carbocycles. The fourth-order valence-corrected chi connectivity index (χ4v) is 3.95. The molecule has 222 valence electrons. The monoisotopic (exact) mass is 542 g/mol. The van der Waals surface area contributed by atoms with E-state index < -0.39 is 36.0 Å². The Morgan fingerprint density at radius 3 is 1.18 bits per heavy atom. The first-order chi connectivity index (χ1) is 18.4. The number of hydrogen-bond acceptors (Lipinski definition) is 8. The molecule has 0 aliphatic rings. The molecule has 2 amide bonds. The van der Waals surface area contributed by atoms with Gasteiger partial charge in [-0.1, -0.05) is 90.9 Å². The molecule has 0 unspecified atom stereocenters. The molecule has 2 atom stereocenters. The summed E-state index contributed by atoms with van der Waals surface area (Å²) in [5, 5.41) is 5.08. The van der Waals surface area contributed by atoms with Crippen molar-refractivity contribution in [3.8, 4) is 0 Å². The molecule has 0 saturated heterocycles. The van der Waals surface area contributed by atoms with Crippen LogP contribution in [0.1, 0.15) is 117 Å². The van der Waals surface area contributed by atoms with Gasteiger partial charge >= 0.3 is 11.9 Å². The van der Waals surface area contributed by atoms with Gasteiger partial charge in [-0.05, 0) is 12.8 Å². The number of rotatable bonds is 25. The summed E-state index contributed by atoms with van der Waals surface area (Å²) < 4.78 is 10.9. The Labute approximate surface area is 229 Å². The van der Waals surface area contributed by atoms with E-state index in [1.807, 2.05) is 0 Å². The summed E-state index contributed by atoms with van der Waals surface area (Å²) in [5.74, 6) is -2.71. The lowest BCUT2D eigenvalue weighted by molar-refractivity contribution is -0.176. The number of nitrogens with one attached hydrogen (secondary N) is 2. The van der Waals surface area contributed by atoms with E-state index in [0.717, 1.165) is 38.5 Å². The van der Waals surface area contributed by atoms with Gasteiger partial charge in [-0.3, -0.25) is 19.2 Å². The Balaban J connectivity index is 5.14. The molecule has 6 N–H and O–H groups in total. The smallest absolute Gasteiger partial charge is 0.306 e. The van der Waals surface area contributed by atoms with Crippen molar-refractivity contribution >= 4 is 23.8 Å². The molecule has 0 radical (unpaired) electrons. The molecular formula is C28H54N4O6. The first kappa shape index (κ1) is 35.8. The van der Waals surface area contributed by atoms with Crippen molar-refractivity contribution in [3.05, 3.63) is 0 Å². The van der Waals surface area contributed by atoms with Crippen molar-refractivity contribution in [2.45, 2.75) is 129 Å². The Morgan fingerprint density at radius 2 is 0.868 bits per heavy atom. The van der Waals surface area contributed by atoms with Gasteiger partial charge in [0.2, 0.25) is 12.2 Å². The zero-order valence-corrected chi connectivity index (χ0v) is 23.9. The molecule has 0 aliphatic heterocycles. The van der Waals surface area contributed by atoms with Crippen LogP contribution in [0.5, 0.6) is 0 Å². The van der Waals surface area contributed by atoms with E-state index in [1.54, 1.807) is 0 Å². The van der Waals surface area contributed by atoms with Gasteiger partial charge in [0.25, 0.3) is 11.8 Å². The van der Waals surface area contributed by atoms with Gasteiger partial charge in [0.15, 0.2) is 0 Å². The predicted molar refractivity (Wildman–Crippen MR) is 149 cm³/mol. The van der Waals surface area contributed by atoms with Gasteiger partial charge in [-0.15, -0.1) is 0 Å². The average Bonchev–Trinajstić information content (AvgIpc) is 2.91. The van der Waals surface area contributed by atoms with Crippen LogP contribution < -0.4 is 22.1 Å². The van der Waals surface area contributed by atoms with Crippen molar-refractivity contribution < 1.29 is 28.7 Å². The van der Waals surface area contributed by atoms with Crippen molar-refractivity contribution in [2.75, 3.05) is 26.2 Å². The van der Waals surface area contributed by atoms with Crippen LogP contribution in [-0.2, 0) is 28.7 Å². The summed E-state index contributed by atoms with van der Waals surface area (Å²) in [4.78, 5) is 50.9. The normalized spacial score (nSPS) is 12.4. The minimum absolute atomic E-state index is 0.109. The minimum Gasteiger partial charge on any atom is -0.448 e. The van der Waals surface area contributed by atoms with E-state index in [-0.39, 0.29) is 39.0 Å². The molecule has 0 saturated carbocycles. The van der Waals surface area contributed by atoms with E-state index in [1.165, 1.54) is 38.5 Å². The number of amides is 2. The number of esters is 2. The van der Waals surface area contributed by atoms with Gasteiger partial charge in [-0.25, -0.2) is 0 Å². The quantitative estimate of drug-likeness (QED) is 0.101. The van der Waals surface area contributed by atoms with Gasteiger partial charge in [0.1, 0.15) is 0 Å². The third-order valence-corrected chi connectivity index (χ3v) is 6.16. The summed E-state index contributed by atoms with van der Waals surface area (Å²) in [5.41, 5.74) is 11.0. The molecule has 0 aliphatic carbocycles. The second kappa shape index (κ2) is 25.1. The van der Waals surface area contributed by atoms with Gasteiger partial charge < -0.3 is 31.6 Å². The van der Waals surface area contributed by atoms with E-state index in [0.29, 0.717) is 12.8 Å². The van der Waals surface area contributed by atoms with Gasteiger partial charge in [0, 0.05) is 39.0 Å². The SMILES string of the molecule is CCCCCCCCCC(=O)O[C@@H](C(=O)NCCN)[C@@H](OC(=O)CCCCCCCCC)C(=O)NCCN. The van der Waals surface area contributed by atoms with Crippen LogP contribution in [0.4, 0.5) is 0 Å². The molecule has 10 nitrogen and oxygen atoms in total. The number of unbranched alkanes of at least 4 members (excludes halogenated alkanes) is 12. The van der Waals surface area contributed by atoms with Crippen LogP contribution in [0.25, 0.3) is 0 Å². The number of carbonyl (C=O) groups is 4. The lowest BCUT2D eigenvalue weighted by Crippen LogP contribution is -2.54. The van der Waals surface area contributed by atoms with Crippen molar-refractivity contribution in [1.29, 1.82) is 0 Å². The maximum Gasteiger partial charge on any atom is 0.306 e. The van der Waals surface area contributed by atoms with Crippen molar-refractivity contribution in [2.24, 2.45) is 11.5 Å². The van der Waals surface area contributed by atoms with Crippen LogP contribution in [0.3, 0.4) is 0 Å². The summed E-state index contributed by atoms with van der Waals surface area (Å²) in [6, 6.07) is 0. The number of hydrogen-bond donors (Lipinski definition) is 4. The predicted octanol–water partition coefficient (Wildman–Crippen LogP) is 3.24. The Morgan fingerprint density at radius 1 is 0.553 bits per heavy atom. The van der Waals surface area contributed by atoms with Crippen molar-refractivity contribution in [1.82, 2.24) is 10.6 Å². The van der Waals surface area contributed by atoms with E-state index >= 15 is 0 Å². The topological polar surface area (TPSA) is 163 Å². The molecule has 0 fully saturated rings. The second-order valence-corrected chi connectivity index (χ2v) is 9.72. The third-order valence-electron chi connectivity index (χ3n) is 6.16. The van der Waals surface area contributed by atoms with Crippen molar-refractivity contribution in [3.63, 3.8) is 0 Å². The number of ether oxygens (including phenoxy) is 2. The molecule has 0 aromatic heterocycles. The first-order valence-corrected chi connectivity index (χ1v) is 14.8. The maximum absolute atomic E-state index is 12.9. The van der Waals surface area contributed by atoms with Crippen LogP contribution in [-0.4, -0.2) is 62.1 Å². The highest BCUT2D eigenvalue weighted by Gasteiger charge is 2.39. The molecule has 0 aromatic rings. The Kier molecular flexibility index (Phi) is 23.6. The highest BCUT2D eigenvalue weighted by atomic mass is 16.6. The van der Waals surface area contributed by atoms with E-state index in [2.05, 4.69) is 24.5 Å². The van der Waals surface area contributed by atoms with Gasteiger partial charge in [-0.2, -0.15) is 0 Å². The molecular weight excluding hydrogens is 488 g/mol. The lowest BCUT2D eigenvalue weighted by atomic mass is 10.1.